The van der Waals surface area contributed by atoms with Crippen LogP contribution in [0, 0.1) is 0 Å². The molecule has 1 N–H and O–H groups in total. The molecule has 0 unspecified atom stereocenters. The summed E-state index contributed by atoms with van der Waals surface area (Å²) in [5.41, 5.74) is 2.20. The maximum absolute atomic E-state index is 5.71. The van der Waals surface area contributed by atoms with Crippen LogP contribution in [0.3, 0.4) is 0 Å². The monoisotopic (exact) mass is 261 g/mol. The number of allylic oxidation sites excluding steroid dienone is 1. The molecular formula is C15H19NO3. The molecule has 1 aliphatic heterocycles. The summed E-state index contributed by atoms with van der Waals surface area (Å²) in [6.07, 6.45) is 4.81. The smallest absolute Gasteiger partial charge is 0.172 e. The van der Waals surface area contributed by atoms with Gasteiger partial charge in [-0.3, -0.25) is 0 Å². The third-order valence-corrected chi connectivity index (χ3v) is 3.65. The van der Waals surface area contributed by atoms with E-state index in [0.29, 0.717) is 13.2 Å². The molecule has 1 heterocycles. The van der Waals surface area contributed by atoms with Gasteiger partial charge in [0.05, 0.1) is 26.0 Å². The molecule has 0 aromatic heterocycles. The number of rotatable bonds is 3. The molecule has 102 valence electrons. The van der Waals surface area contributed by atoms with Crippen molar-refractivity contribution in [1.82, 2.24) is 0 Å². The van der Waals surface area contributed by atoms with Gasteiger partial charge in [0.2, 0.25) is 0 Å². The summed E-state index contributed by atoms with van der Waals surface area (Å²) >= 11 is 0. The zero-order valence-corrected chi connectivity index (χ0v) is 11.1. The molecule has 0 radical (unpaired) electrons. The fourth-order valence-electron chi connectivity index (χ4n) is 2.60. The maximum atomic E-state index is 5.71. The highest BCUT2D eigenvalue weighted by Gasteiger charge is 2.37. The second-order valence-electron chi connectivity index (χ2n) is 4.87. The van der Waals surface area contributed by atoms with Crippen LogP contribution >= 0.6 is 0 Å². The lowest BCUT2D eigenvalue weighted by Gasteiger charge is -2.31. The number of anilines is 1. The first kappa shape index (κ1) is 12.5. The van der Waals surface area contributed by atoms with Gasteiger partial charge >= 0.3 is 0 Å². The summed E-state index contributed by atoms with van der Waals surface area (Å²) in [6.45, 7) is 1.42. The Morgan fingerprint density at radius 2 is 2.00 bits per heavy atom. The minimum absolute atomic E-state index is 0.355. The van der Waals surface area contributed by atoms with E-state index in [9.17, 15) is 0 Å². The molecule has 1 aromatic carbocycles. The van der Waals surface area contributed by atoms with Gasteiger partial charge in [-0.15, -0.1) is 0 Å². The van der Waals surface area contributed by atoms with Gasteiger partial charge in [-0.2, -0.15) is 0 Å². The normalized spacial score (nSPS) is 21.2. The number of para-hydroxylation sites is 2. The number of hydrogen-bond acceptors (Lipinski definition) is 4. The summed E-state index contributed by atoms with van der Waals surface area (Å²) in [5.74, 6) is 0.503. The molecule has 2 aliphatic rings. The molecule has 1 fully saturated rings. The molecule has 0 bridgehead atoms. The molecule has 4 heteroatoms. The predicted molar refractivity (Wildman–Crippen MR) is 73.2 cm³/mol. The molecule has 4 nitrogen and oxygen atoms in total. The van der Waals surface area contributed by atoms with Crippen molar-refractivity contribution in [3.05, 3.63) is 36.0 Å². The first-order valence-corrected chi connectivity index (χ1v) is 6.68. The molecular weight excluding hydrogens is 242 g/mol. The van der Waals surface area contributed by atoms with Gasteiger partial charge in [0.1, 0.15) is 5.75 Å². The Labute approximate surface area is 113 Å². The fraction of sp³-hybridized carbons (Fsp3) is 0.467. The van der Waals surface area contributed by atoms with E-state index in [-0.39, 0.29) is 5.79 Å². The van der Waals surface area contributed by atoms with Crippen LogP contribution in [-0.4, -0.2) is 26.1 Å². The average Bonchev–Trinajstić information content (AvgIpc) is 2.91. The maximum Gasteiger partial charge on any atom is 0.172 e. The topological polar surface area (TPSA) is 39.7 Å². The van der Waals surface area contributed by atoms with Gasteiger partial charge in [0, 0.05) is 18.5 Å². The molecule has 1 aliphatic carbocycles. The van der Waals surface area contributed by atoms with Crippen LogP contribution in [0.5, 0.6) is 5.75 Å². The zero-order chi connectivity index (χ0) is 13.1. The molecule has 0 saturated carbocycles. The van der Waals surface area contributed by atoms with Gasteiger partial charge in [0.15, 0.2) is 5.79 Å². The number of hydrogen-bond donors (Lipinski definition) is 1. The van der Waals surface area contributed by atoms with Crippen molar-refractivity contribution in [2.75, 3.05) is 25.6 Å². The van der Waals surface area contributed by atoms with Crippen molar-refractivity contribution in [3.8, 4) is 5.75 Å². The largest absolute Gasteiger partial charge is 0.495 e. The van der Waals surface area contributed by atoms with Gasteiger partial charge in [-0.1, -0.05) is 18.2 Å². The Hall–Kier alpha value is -1.52. The second-order valence-corrected chi connectivity index (χ2v) is 4.87. The first-order valence-electron chi connectivity index (χ1n) is 6.68. The predicted octanol–water partition coefficient (Wildman–Crippen LogP) is 2.92. The second kappa shape index (κ2) is 5.23. The van der Waals surface area contributed by atoms with Gasteiger partial charge in [-0.25, -0.2) is 0 Å². The highest BCUT2D eigenvalue weighted by molar-refractivity contribution is 5.59. The van der Waals surface area contributed by atoms with E-state index < -0.39 is 0 Å². The van der Waals surface area contributed by atoms with Crippen LogP contribution in [0.15, 0.2) is 36.0 Å². The zero-order valence-electron chi connectivity index (χ0n) is 11.1. The van der Waals surface area contributed by atoms with Gasteiger partial charge in [-0.05, 0) is 18.6 Å². The SMILES string of the molecule is COc1ccccc1NC1=CCC2(CC1)OCCO2. The van der Waals surface area contributed by atoms with E-state index in [0.717, 1.165) is 30.7 Å². The molecule has 0 atom stereocenters. The van der Waals surface area contributed by atoms with Crippen molar-refractivity contribution in [3.63, 3.8) is 0 Å². The van der Waals surface area contributed by atoms with Crippen LogP contribution in [0.1, 0.15) is 19.3 Å². The van der Waals surface area contributed by atoms with Crippen molar-refractivity contribution in [1.29, 1.82) is 0 Å². The van der Waals surface area contributed by atoms with Gasteiger partial charge < -0.3 is 19.5 Å². The van der Waals surface area contributed by atoms with Crippen molar-refractivity contribution < 1.29 is 14.2 Å². The molecule has 0 amide bonds. The Morgan fingerprint density at radius 1 is 1.21 bits per heavy atom. The summed E-state index contributed by atoms with van der Waals surface area (Å²) in [4.78, 5) is 0. The Kier molecular flexibility index (Phi) is 3.44. The Bertz CT molecular complexity index is 478. The van der Waals surface area contributed by atoms with Crippen LogP contribution in [0.2, 0.25) is 0 Å². The highest BCUT2D eigenvalue weighted by atomic mass is 16.7. The number of benzene rings is 1. The molecule has 19 heavy (non-hydrogen) atoms. The fourth-order valence-corrected chi connectivity index (χ4v) is 2.60. The highest BCUT2D eigenvalue weighted by Crippen LogP contribution is 2.36. The Balaban J connectivity index is 1.69. The Morgan fingerprint density at radius 3 is 2.68 bits per heavy atom. The van der Waals surface area contributed by atoms with Crippen LogP contribution in [0.4, 0.5) is 5.69 Å². The van der Waals surface area contributed by atoms with E-state index in [1.807, 2.05) is 24.3 Å². The third-order valence-electron chi connectivity index (χ3n) is 3.65. The molecule has 3 rings (SSSR count). The third kappa shape index (κ3) is 2.60. The lowest BCUT2D eigenvalue weighted by Crippen LogP contribution is -2.32. The van der Waals surface area contributed by atoms with Crippen molar-refractivity contribution in [2.24, 2.45) is 0 Å². The first-order chi connectivity index (χ1) is 9.31. The van der Waals surface area contributed by atoms with Crippen molar-refractivity contribution in [2.45, 2.75) is 25.0 Å². The number of ether oxygens (including phenoxy) is 3. The average molecular weight is 261 g/mol. The standard InChI is InChI=1S/C15H19NO3/c1-17-14-5-3-2-4-13(14)16-12-6-8-15(9-7-12)18-10-11-19-15/h2-6,16H,7-11H2,1H3. The van der Waals surface area contributed by atoms with E-state index in [2.05, 4.69) is 11.4 Å². The minimum atomic E-state index is -0.355. The van der Waals surface area contributed by atoms with Crippen molar-refractivity contribution >= 4 is 5.69 Å². The summed E-state index contributed by atoms with van der Waals surface area (Å²) in [5, 5.41) is 3.43. The lowest BCUT2D eigenvalue weighted by molar-refractivity contribution is -0.161. The summed E-state index contributed by atoms with van der Waals surface area (Å²) in [7, 11) is 1.69. The quantitative estimate of drug-likeness (QED) is 0.908. The minimum Gasteiger partial charge on any atom is -0.495 e. The van der Waals surface area contributed by atoms with E-state index >= 15 is 0 Å². The lowest BCUT2D eigenvalue weighted by atomic mass is 9.98. The van der Waals surface area contributed by atoms with E-state index in [1.54, 1.807) is 7.11 Å². The molecule has 1 saturated heterocycles. The number of nitrogens with one attached hydrogen (secondary N) is 1. The molecule has 1 aromatic rings. The van der Waals surface area contributed by atoms with E-state index in [1.165, 1.54) is 5.70 Å². The number of methoxy groups -OCH3 is 1. The van der Waals surface area contributed by atoms with Crippen LogP contribution in [-0.2, 0) is 9.47 Å². The van der Waals surface area contributed by atoms with Gasteiger partial charge in [0.25, 0.3) is 0 Å². The van der Waals surface area contributed by atoms with Crippen LogP contribution in [0.25, 0.3) is 0 Å². The summed E-state index contributed by atoms with van der Waals surface area (Å²) < 4.78 is 16.8. The van der Waals surface area contributed by atoms with Crippen LogP contribution < -0.4 is 10.1 Å². The molecule has 1 spiro atoms. The van der Waals surface area contributed by atoms with E-state index in [4.69, 9.17) is 14.2 Å². The summed E-state index contributed by atoms with van der Waals surface area (Å²) in [6, 6.07) is 7.94.